The van der Waals surface area contributed by atoms with Crippen molar-refractivity contribution in [3.05, 3.63) is 23.4 Å². The van der Waals surface area contributed by atoms with Crippen LogP contribution in [-0.2, 0) is 19.4 Å². The first kappa shape index (κ1) is 11.9. The zero-order chi connectivity index (χ0) is 11.5. The van der Waals surface area contributed by atoms with Gasteiger partial charge in [-0.3, -0.25) is 4.79 Å². The molecule has 0 aliphatic heterocycles. The summed E-state index contributed by atoms with van der Waals surface area (Å²) in [4.78, 5) is 14.4. The van der Waals surface area contributed by atoms with Crippen molar-refractivity contribution in [2.24, 2.45) is 0 Å². The second kappa shape index (κ2) is 4.59. The number of rotatable bonds is 3. The Labute approximate surface area is 91.9 Å². The molecule has 0 unspecified atom stereocenters. The second-order valence-electron chi connectivity index (χ2n) is 2.65. The maximum atomic E-state index is 11.5. The second-order valence-corrected chi connectivity index (χ2v) is 5.02. The molecule has 0 aliphatic rings. The molecule has 1 aromatic heterocycles. The molecule has 0 saturated heterocycles. The van der Waals surface area contributed by atoms with Crippen molar-refractivity contribution >= 4 is 27.4 Å². The lowest BCUT2D eigenvalue weighted by atomic mass is 10.5. The number of pyridine rings is 1. The van der Waals surface area contributed by atoms with Gasteiger partial charge in [0, 0.05) is 6.20 Å². The predicted octanol–water partition coefficient (Wildman–Crippen LogP) is 0.682. The van der Waals surface area contributed by atoms with Crippen molar-refractivity contribution in [2.75, 3.05) is 12.9 Å². The number of ether oxygens (including phenoxy) is 1. The van der Waals surface area contributed by atoms with Crippen LogP contribution in [0.5, 0.6) is 0 Å². The molecule has 0 N–H and O–H groups in total. The van der Waals surface area contributed by atoms with E-state index in [2.05, 4.69) is 9.72 Å². The number of methoxy groups -OCH3 is 1. The molecule has 0 amide bonds. The lowest BCUT2D eigenvalue weighted by Gasteiger charge is -2.01. The SMILES string of the molecule is COC(=O)CS(=O)(=O)c1ccc(Cl)cn1. The van der Waals surface area contributed by atoms with Gasteiger partial charge in [-0.2, -0.15) is 0 Å². The number of hydrogen-bond donors (Lipinski definition) is 0. The summed E-state index contributed by atoms with van der Waals surface area (Å²) in [5.74, 6) is -1.55. The molecule has 7 heteroatoms. The van der Waals surface area contributed by atoms with Crippen molar-refractivity contribution in [1.29, 1.82) is 0 Å². The summed E-state index contributed by atoms with van der Waals surface area (Å²) in [6.07, 6.45) is 1.20. The van der Waals surface area contributed by atoms with Gasteiger partial charge in [0.15, 0.2) is 10.8 Å². The molecule has 1 rings (SSSR count). The number of esters is 1. The molecule has 0 aliphatic carbocycles. The normalized spacial score (nSPS) is 11.1. The van der Waals surface area contributed by atoms with Gasteiger partial charge in [-0.25, -0.2) is 13.4 Å². The van der Waals surface area contributed by atoms with Crippen LogP contribution < -0.4 is 0 Å². The summed E-state index contributed by atoms with van der Waals surface area (Å²) in [6, 6.07) is 2.62. The summed E-state index contributed by atoms with van der Waals surface area (Å²) < 4.78 is 27.3. The van der Waals surface area contributed by atoms with Gasteiger partial charge in [-0.15, -0.1) is 0 Å². The smallest absolute Gasteiger partial charge is 0.321 e. The van der Waals surface area contributed by atoms with E-state index in [1.165, 1.54) is 18.3 Å². The average Bonchev–Trinajstić information content (AvgIpc) is 2.17. The molecule has 0 fully saturated rings. The summed E-state index contributed by atoms with van der Waals surface area (Å²) in [6.45, 7) is 0. The zero-order valence-corrected chi connectivity index (χ0v) is 9.38. The van der Waals surface area contributed by atoms with Crippen LogP contribution in [0.15, 0.2) is 23.4 Å². The Morgan fingerprint density at radius 2 is 2.20 bits per heavy atom. The van der Waals surface area contributed by atoms with E-state index in [9.17, 15) is 13.2 Å². The standard InChI is InChI=1S/C8H8ClNO4S/c1-14-8(11)5-15(12,13)7-3-2-6(9)4-10-7/h2-4H,5H2,1H3. The van der Waals surface area contributed by atoms with Crippen molar-refractivity contribution in [3.63, 3.8) is 0 Å². The largest absolute Gasteiger partial charge is 0.468 e. The van der Waals surface area contributed by atoms with Gasteiger partial charge in [0.1, 0.15) is 0 Å². The molecular weight excluding hydrogens is 242 g/mol. The van der Waals surface area contributed by atoms with E-state index in [1.54, 1.807) is 0 Å². The van der Waals surface area contributed by atoms with Crippen molar-refractivity contribution < 1.29 is 17.9 Å². The molecule has 0 radical (unpaired) electrons. The maximum absolute atomic E-state index is 11.5. The number of nitrogens with zero attached hydrogens (tertiary/aromatic N) is 1. The third-order valence-electron chi connectivity index (χ3n) is 1.55. The van der Waals surface area contributed by atoms with E-state index >= 15 is 0 Å². The van der Waals surface area contributed by atoms with Crippen LogP contribution in [0.2, 0.25) is 5.02 Å². The van der Waals surface area contributed by atoms with Gasteiger partial charge in [0.25, 0.3) is 0 Å². The highest BCUT2D eigenvalue weighted by atomic mass is 35.5. The minimum absolute atomic E-state index is 0.197. The Morgan fingerprint density at radius 3 is 2.67 bits per heavy atom. The van der Waals surface area contributed by atoms with Crippen LogP contribution in [0.25, 0.3) is 0 Å². The van der Waals surface area contributed by atoms with Gasteiger partial charge in [-0.1, -0.05) is 11.6 Å². The number of halogens is 1. The van der Waals surface area contributed by atoms with Crippen molar-refractivity contribution in [2.45, 2.75) is 5.03 Å². The average molecular weight is 250 g/mol. The Kier molecular flexibility index (Phi) is 3.65. The molecule has 5 nitrogen and oxygen atoms in total. The summed E-state index contributed by atoms with van der Waals surface area (Å²) >= 11 is 5.55. The molecule has 0 aromatic carbocycles. The predicted molar refractivity (Wildman–Crippen MR) is 53.3 cm³/mol. The highest BCUT2D eigenvalue weighted by molar-refractivity contribution is 7.92. The van der Waals surface area contributed by atoms with Crippen LogP contribution in [-0.4, -0.2) is 32.2 Å². The topological polar surface area (TPSA) is 73.3 Å². The van der Waals surface area contributed by atoms with Crippen molar-refractivity contribution in [1.82, 2.24) is 4.98 Å². The minimum Gasteiger partial charge on any atom is -0.468 e. The zero-order valence-electron chi connectivity index (χ0n) is 7.81. The molecule has 82 valence electrons. The lowest BCUT2D eigenvalue weighted by Crippen LogP contribution is -2.18. The number of hydrogen-bond acceptors (Lipinski definition) is 5. The highest BCUT2D eigenvalue weighted by Crippen LogP contribution is 2.11. The Bertz CT molecular complexity index is 454. The van der Waals surface area contributed by atoms with Crippen LogP contribution in [0.1, 0.15) is 0 Å². The minimum atomic E-state index is -3.73. The van der Waals surface area contributed by atoms with Crippen LogP contribution in [0.3, 0.4) is 0 Å². The van der Waals surface area contributed by atoms with Crippen molar-refractivity contribution in [3.8, 4) is 0 Å². The van der Waals surface area contributed by atoms with Crippen LogP contribution in [0, 0.1) is 0 Å². The molecule has 0 bridgehead atoms. The van der Waals surface area contributed by atoms with E-state index in [-0.39, 0.29) is 5.03 Å². The van der Waals surface area contributed by atoms with Gasteiger partial charge >= 0.3 is 5.97 Å². The summed E-state index contributed by atoms with van der Waals surface area (Å²) in [5.41, 5.74) is 0. The maximum Gasteiger partial charge on any atom is 0.321 e. The fraction of sp³-hybridized carbons (Fsp3) is 0.250. The first-order chi connectivity index (χ1) is 6.95. The van der Waals surface area contributed by atoms with E-state index in [1.807, 2.05) is 0 Å². The third-order valence-corrected chi connectivity index (χ3v) is 3.27. The van der Waals surface area contributed by atoms with Crippen LogP contribution in [0.4, 0.5) is 0 Å². The number of carbonyl (C=O) groups excluding carboxylic acids is 1. The van der Waals surface area contributed by atoms with E-state index in [0.717, 1.165) is 7.11 Å². The van der Waals surface area contributed by atoms with E-state index < -0.39 is 21.6 Å². The molecule has 0 spiro atoms. The lowest BCUT2D eigenvalue weighted by molar-refractivity contribution is -0.137. The Hall–Kier alpha value is -1.14. The van der Waals surface area contributed by atoms with Crippen LogP contribution >= 0.6 is 11.6 Å². The fourth-order valence-corrected chi connectivity index (χ4v) is 2.01. The summed E-state index contributed by atoms with van der Waals surface area (Å²) in [5, 5.41) is 0.129. The van der Waals surface area contributed by atoms with E-state index in [4.69, 9.17) is 11.6 Å². The Balaban J connectivity index is 2.96. The highest BCUT2D eigenvalue weighted by Gasteiger charge is 2.20. The first-order valence-corrected chi connectivity index (χ1v) is 5.90. The van der Waals surface area contributed by atoms with Gasteiger partial charge in [-0.05, 0) is 12.1 Å². The Morgan fingerprint density at radius 1 is 1.53 bits per heavy atom. The van der Waals surface area contributed by atoms with E-state index in [0.29, 0.717) is 5.02 Å². The molecule has 15 heavy (non-hydrogen) atoms. The number of carbonyl (C=O) groups is 1. The monoisotopic (exact) mass is 249 g/mol. The third kappa shape index (κ3) is 3.17. The van der Waals surface area contributed by atoms with Gasteiger partial charge in [0.05, 0.1) is 12.1 Å². The van der Waals surface area contributed by atoms with Gasteiger partial charge < -0.3 is 4.74 Å². The molecule has 1 aromatic rings. The quantitative estimate of drug-likeness (QED) is 0.737. The molecular formula is C8H8ClNO4S. The fourth-order valence-electron chi connectivity index (χ4n) is 0.834. The first-order valence-electron chi connectivity index (χ1n) is 3.87. The molecule has 0 atom stereocenters. The van der Waals surface area contributed by atoms with Gasteiger partial charge in [0.2, 0.25) is 9.84 Å². The molecule has 1 heterocycles. The number of sulfone groups is 1. The molecule has 0 saturated carbocycles. The summed E-state index contributed by atoms with van der Waals surface area (Å²) in [7, 11) is -2.61. The number of aromatic nitrogens is 1.